The van der Waals surface area contributed by atoms with Crippen LogP contribution < -0.4 is 10.6 Å². The smallest absolute Gasteiger partial charge is 0.319 e. The third-order valence-electron chi connectivity index (χ3n) is 3.42. The van der Waals surface area contributed by atoms with Crippen LogP contribution in [0.25, 0.3) is 0 Å². The number of alkyl halides is 2. The lowest BCUT2D eigenvalue weighted by Gasteiger charge is -2.19. The molecular formula is C14H18F2N2O. The van der Waals surface area contributed by atoms with Gasteiger partial charge in [0.1, 0.15) is 0 Å². The molecule has 2 rings (SSSR count). The number of carbonyl (C=O) groups excluding carboxylic acids is 1. The van der Waals surface area contributed by atoms with Crippen LogP contribution in [0, 0.1) is 19.8 Å². The van der Waals surface area contributed by atoms with Gasteiger partial charge in [0, 0.05) is 5.69 Å². The fourth-order valence-corrected chi connectivity index (χ4v) is 2.15. The van der Waals surface area contributed by atoms with Crippen LogP contribution in [-0.4, -0.2) is 18.5 Å². The van der Waals surface area contributed by atoms with Gasteiger partial charge >= 0.3 is 6.03 Å². The Morgan fingerprint density at radius 3 is 2.32 bits per heavy atom. The molecular weight excluding hydrogens is 250 g/mol. The van der Waals surface area contributed by atoms with Crippen molar-refractivity contribution in [2.24, 2.45) is 5.92 Å². The van der Waals surface area contributed by atoms with Crippen molar-refractivity contribution in [1.29, 1.82) is 0 Å². The number of amides is 2. The molecule has 0 aromatic heterocycles. The second-order valence-electron chi connectivity index (χ2n) is 5.06. The van der Waals surface area contributed by atoms with Crippen LogP contribution in [-0.2, 0) is 0 Å². The van der Waals surface area contributed by atoms with Gasteiger partial charge in [-0.15, -0.1) is 0 Å². The van der Waals surface area contributed by atoms with E-state index >= 15 is 0 Å². The molecule has 0 saturated heterocycles. The summed E-state index contributed by atoms with van der Waals surface area (Å²) in [6, 6.07) is 4.03. The summed E-state index contributed by atoms with van der Waals surface area (Å²) in [7, 11) is 0. The summed E-state index contributed by atoms with van der Waals surface area (Å²) in [6.45, 7) is 3.74. The number of carbonyl (C=O) groups is 1. The lowest BCUT2D eigenvalue weighted by atomic mass is 10.1. The molecule has 0 heterocycles. The molecule has 1 saturated carbocycles. The fraction of sp³-hybridized carbons (Fsp3) is 0.500. The highest BCUT2D eigenvalue weighted by molar-refractivity contribution is 5.91. The van der Waals surface area contributed by atoms with Gasteiger partial charge < -0.3 is 10.6 Å². The van der Waals surface area contributed by atoms with E-state index in [4.69, 9.17) is 0 Å². The van der Waals surface area contributed by atoms with E-state index in [1.807, 2.05) is 32.0 Å². The van der Waals surface area contributed by atoms with Crippen LogP contribution in [0.2, 0.25) is 0 Å². The van der Waals surface area contributed by atoms with E-state index in [-0.39, 0.29) is 5.92 Å². The Kier molecular flexibility index (Phi) is 4.02. The molecule has 2 amide bonds. The summed E-state index contributed by atoms with van der Waals surface area (Å²) in [5.74, 6) is -0.0799. The molecule has 5 heteroatoms. The monoisotopic (exact) mass is 268 g/mol. The van der Waals surface area contributed by atoms with Crippen LogP contribution in [0.15, 0.2) is 18.2 Å². The average Bonchev–Trinajstić information content (AvgIpc) is 3.15. The van der Waals surface area contributed by atoms with Crippen molar-refractivity contribution >= 4 is 11.7 Å². The summed E-state index contributed by atoms with van der Waals surface area (Å²) in [5, 5.41) is 5.04. The Bertz CT molecular complexity index is 450. The van der Waals surface area contributed by atoms with Crippen molar-refractivity contribution in [3.05, 3.63) is 29.3 Å². The first-order chi connectivity index (χ1) is 8.99. The summed E-state index contributed by atoms with van der Waals surface area (Å²) in [5.41, 5.74) is 2.51. The second kappa shape index (κ2) is 5.55. The van der Waals surface area contributed by atoms with Crippen molar-refractivity contribution in [3.8, 4) is 0 Å². The summed E-state index contributed by atoms with van der Waals surface area (Å²) in [4.78, 5) is 11.8. The van der Waals surface area contributed by atoms with Crippen molar-refractivity contribution in [1.82, 2.24) is 5.32 Å². The molecule has 1 aliphatic rings. The number of rotatable bonds is 4. The predicted octanol–water partition coefficient (Wildman–Crippen LogP) is 3.47. The largest absolute Gasteiger partial charge is 0.329 e. The van der Waals surface area contributed by atoms with Gasteiger partial charge in [0.25, 0.3) is 6.43 Å². The van der Waals surface area contributed by atoms with Gasteiger partial charge in [-0.2, -0.15) is 0 Å². The number of benzene rings is 1. The molecule has 1 atom stereocenters. The maximum atomic E-state index is 12.8. The number of hydrogen-bond donors (Lipinski definition) is 2. The van der Waals surface area contributed by atoms with Gasteiger partial charge in [0.15, 0.2) is 0 Å². The standard InChI is InChI=1S/C14H18F2N2O/c1-8-4-3-5-9(2)11(8)17-14(19)18-12(13(15)16)10-6-7-10/h3-5,10,12-13H,6-7H2,1-2H3,(H2,17,18,19)/t12-/m0/s1. The number of para-hydroxylation sites is 1. The van der Waals surface area contributed by atoms with Gasteiger partial charge in [-0.1, -0.05) is 18.2 Å². The molecule has 104 valence electrons. The Morgan fingerprint density at radius 2 is 1.84 bits per heavy atom. The Balaban J connectivity index is 2.01. The third-order valence-corrected chi connectivity index (χ3v) is 3.42. The van der Waals surface area contributed by atoms with Gasteiger partial charge in [-0.05, 0) is 43.7 Å². The van der Waals surface area contributed by atoms with Crippen molar-refractivity contribution in [2.45, 2.75) is 39.2 Å². The Hall–Kier alpha value is -1.65. The molecule has 0 spiro atoms. The van der Waals surface area contributed by atoms with Crippen LogP contribution >= 0.6 is 0 Å². The highest BCUT2D eigenvalue weighted by Crippen LogP contribution is 2.35. The normalized spacial score (nSPS) is 16.3. The third kappa shape index (κ3) is 3.43. The maximum Gasteiger partial charge on any atom is 0.319 e. The lowest BCUT2D eigenvalue weighted by Crippen LogP contribution is -2.43. The molecule has 0 unspecified atom stereocenters. The molecule has 1 aliphatic carbocycles. The summed E-state index contributed by atoms with van der Waals surface area (Å²) in [6.07, 6.45) is -0.992. The van der Waals surface area contributed by atoms with Crippen LogP contribution in [0.5, 0.6) is 0 Å². The Labute approximate surface area is 111 Å². The fourth-order valence-electron chi connectivity index (χ4n) is 2.15. The molecule has 19 heavy (non-hydrogen) atoms. The number of aryl methyl sites for hydroxylation is 2. The number of halogens is 2. The van der Waals surface area contributed by atoms with E-state index in [1.54, 1.807) is 0 Å². The minimum atomic E-state index is -2.52. The molecule has 1 aromatic rings. The number of hydrogen-bond acceptors (Lipinski definition) is 1. The maximum absolute atomic E-state index is 12.8. The first-order valence-corrected chi connectivity index (χ1v) is 6.41. The van der Waals surface area contributed by atoms with Gasteiger partial charge in [0.2, 0.25) is 0 Å². The lowest BCUT2D eigenvalue weighted by molar-refractivity contribution is 0.0929. The zero-order valence-electron chi connectivity index (χ0n) is 11.0. The molecule has 0 radical (unpaired) electrons. The molecule has 1 aromatic carbocycles. The SMILES string of the molecule is Cc1cccc(C)c1NC(=O)N[C@H](C(F)F)C1CC1. The minimum Gasteiger partial charge on any atom is -0.329 e. The average molecular weight is 268 g/mol. The number of urea groups is 1. The first kappa shape index (κ1) is 13.8. The molecule has 2 N–H and O–H groups in total. The molecule has 0 aliphatic heterocycles. The van der Waals surface area contributed by atoms with Crippen LogP contribution in [0.1, 0.15) is 24.0 Å². The van der Waals surface area contributed by atoms with Gasteiger partial charge in [-0.3, -0.25) is 0 Å². The zero-order chi connectivity index (χ0) is 14.0. The zero-order valence-corrected chi connectivity index (χ0v) is 11.0. The van der Waals surface area contributed by atoms with Gasteiger partial charge in [0.05, 0.1) is 6.04 Å². The van der Waals surface area contributed by atoms with E-state index in [1.165, 1.54) is 0 Å². The van der Waals surface area contributed by atoms with Crippen molar-refractivity contribution in [2.75, 3.05) is 5.32 Å². The minimum absolute atomic E-state index is 0.0799. The Morgan fingerprint density at radius 1 is 1.26 bits per heavy atom. The van der Waals surface area contributed by atoms with Crippen LogP contribution in [0.3, 0.4) is 0 Å². The molecule has 1 fully saturated rings. The molecule has 3 nitrogen and oxygen atoms in total. The van der Waals surface area contributed by atoms with E-state index in [0.717, 1.165) is 24.0 Å². The van der Waals surface area contributed by atoms with E-state index < -0.39 is 18.5 Å². The van der Waals surface area contributed by atoms with Crippen molar-refractivity contribution in [3.63, 3.8) is 0 Å². The highest BCUT2D eigenvalue weighted by Gasteiger charge is 2.38. The van der Waals surface area contributed by atoms with E-state index in [9.17, 15) is 13.6 Å². The van der Waals surface area contributed by atoms with Crippen molar-refractivity contribution < 1.29 is 13.6 Å². The van der Waals surface area contributed by atoms with E-state index in [0.29, 0.717) is 5.69 Å². The summed E-state index contributed by atoms with van der Waals surface area (Å²) >= 11 is 0. The van der Waals surface area contributed by atoms with E-state index in [2.05, 4.69) is 10.6 Å². The number of anilines is 1. The molecule has 0 bridgehead atoms. The first-order valence-electron chi connectivity index (χ1n) is 6.41. The van der Waals surface area contributed by atoms with Crippen LogP contribution in [0.4, 0.5) is 19.3 Å². The quantitative estimate of drug-likeness (QED) is 0.862. The predicted molar refractivity (Wildman–Crippen MR) is 70.6 cm³/mol. The summed E-state index contributed by atoms with van der Waals surface area (Å²) < 4.78 is 25.6. The van der Waals surface area contributed by atoms with Gasteiger partial charge in [-0.25, -0.2) is 13.6 Å². The second-order valence-corrected chi connectivity index (χ2v) is 5.06. The number of nitrogens with one attached hydrogen (secondary N) is 2. The highest BCUT2D eigenvalue weighted by atomic mass is 19.3. The topological polar surface area (TPSA) is 41.1 Å².